The topological polar surface area (TPSA) is 12.4 Å². The summed E-state index contributed by atoms with van der Waals surface area (Å²) in [4.78, 5) is 4.30. The van der Waals surface area contributed by atoms with Crippen LogP contribution in [0.5, 0.6) is 0 Å². The highest BCUT2D eigenvalue weighted by Crippen LogP contribution is 2.15. The second-order valence-electron chi connectivity index (χ2n) is 4.86. The van der Waals surface area contributed by atoms with Gasteiger partial charge in [-0.25, -0.2) is 0 Å². The van der Waals surface area contributed by atoms with Gasteiger partial charge in [0, 0.05) is 22.4 Å². The molecular weight excluding hydrogens is 290 g/mol. The lowest BCUT2D eigenvalue weighted by atomic mass is 10.1. The Labute approximate surface area is 135 Å². The molecule has 0 radical (unpaired) electrons. The maximum atomic E-state index is 6.06. The summed E-state index contributed by atoms with van der Waals surface area (Å²) in [5.74, 6) is 6.21. The van der Waals surface area contributed by atoms with Crippen molar-refractivity contribution in [2.75, 3.05) is 6.54 Å². The van der Waals surface area contributed by atoms with Gasteiger partial charge in [-0.3, -0.25) is 4.99 Å². The fraction of sp³-hybridized carbons (Fsp3) is 0.0500. The number of rotatable bonds is 2. The second-order valence-corrected chi connectivity index (χ2v) is 5.26. The van der Waals surface area contributed by atoms with E-state index in [-0.39, 0.29) is 0 Å². The molecule has 0 saturated heterocycles. The van der Waals surface area contributed by atoms with Crippen molar-refractivity contribution in [3.63, 3.8) is 0 Å². The molecular formula is C20H14ClN. The molecule has 0 N–H and O–H groups in total. The lowest BCUT2D eigenvalue weighted by molar-refractivity contribution is 1.30. The normalized spacial score (nSPS) is 10.6. The summed E-state index contributed by atoms with van der Waals surface area (Å²) in [7, 11) is 0. The molecule has 0 atom stereocenters. The molecule has 0 bridgehead atoms. The minimum atomic E-state index is 0.456. The molecule has 1 nitrogen and oxygen atoms in total. The van der Waals surface area contributed by atoms with Crippen LogP contribution in [-0.2, 0) is 0 Å². The average molecular weight is 304 g/mol. The van der Waals surface area contributed by atoms with E-state index in [0.717, 1.165) is 11.1 Å². The first-order valence-electron chi connectivity index (χ1n) is 7.05. The quantitative estimate of drug-likeness (QED) is 0.468. The van der Waals surface area contributed by atoms with Gasteiger partial charge in [0.2, 0.25) is 0 Å². The maximum absolute atomic E-state index is 6.06. The minimum Gasteiger partial charge on any atom is -0.280 e. The summed E-state index contributed by atoms with van der Waals surface area (Å²) in [5.41, 5.74) is 1.92. The van der Waals surface area contributed by atoms with Crippen molar-refractivity contribution in [3.05, 3.63) is 82.9 Å². The number of aliphatic imine (C=N–C) groups is 1. The van der Waals surface area contributed by atoms with Crippen LogP contribution in [0.2, 0.25) is 5.02 Å². The van der Waals surface area contributed by atoms with E-state index in [2.05, 4.69) is 41.1 Å². The van der Waals surface area contributed by atoms with E-state index in [9.17, 15) is 0 Å². The zero-order valence-corrected chi connectivity index (χ0v) is 12.7. The minimum absolute atomic E-state index is 0.456. The number of nitrogens with zero attached hydrogens (tertiary/aromatic N) is 1. The summed E-state index contributed by atoms with van der Waals surface area (Å²) in [6.07, 6.45) is 1.76. The van der Waals surface area contributed by atoms with Gasteiger partial charge in [-0.2, -0.15) is 0 Å². The van der Waals surface area contributed by atoms with Crippen molar-refractivity contribution < 1.29 is 0 Å². The fourth-order valence-electron chi connectivity index (χ4n) is 2.18. The summed E-state index contributed by atoms with van der Waals surface area (Å²) < 4.78 is 0. The highest BCUT2D eigenvalue weighted by Gasteiger charge is 1.93. The summed E-state index contributed by atoms with van der Waals surface area (Å²) in [6.45, 7) is 0.456. The molecule has 0 aliphatic heterocycles. The van der Waals surface area contributed by atoms with Crippen molar-refractivity contribution in [2.24, 2.45) is 4.99 Å². The number of hydrogen-bond acceptors (Lipinski definition) is 1. The highest BCUT2D eigenvalue weighted by molar-refractivity contribution is 6.33. The molecule has 0 heterocycles. The van der Waals surface area contributed by atoms with Crippen LogP contribution in [0.3, 0.4) is 0 Å². The third-order valence-corrected chi connectivity index (χ3v) is 3.63. The maximum Gasteiger partial charge on any atom is 0.100 e. The van der Waals surface area contributed by atoms with E-state index < -0.39 is 0 Å². The van der Waals surface area contributed by atoms with Crippen LogP contribution in [-0.4, -0.2) is 12.8 Å². The van der Waals surface area contributed by atoms with Crippen molar-refractivity contribution in [2.45, 2.75) is 0 Å². The third-order valence-electron chi connectivity index (χ3n) is 3.29. The average Bonchev–Trinajstić information content (AvgIpc) is 2.56. The van der Waals surface area contributed by atoms with Crippen LogP contribution in [0.4, 0.5) is 0 Å². The van der Waals surface area contributed by atoms with Gasteiger partial charge in [0.25, 0.3) is 0 Å². The molecule has 3 rings (SSSR count). The first kappa shape index (κ1) is 14.4. The van der Waals surface area contributed by atoms with Crippen LogP contribution in [0, 0.1) is 11.8 Å². The zero-order valence-electron chi connectivity index (χ0n) is 12.0. The van der Waals surface area contributed by atoms with E-state index in [1.54, 1.807) is 6.21 Å². The van der Waals surface area contributed by atoms with Crippen LogP contribution in [0.1, 0.15) is 11.1 Å². The lowest BCUT2D eigenvalue weighted by Crippen LogP contribution is -1.84. The molecule has 0 fully saturated rings. The summed E-state index contributed by atoms with van der Waals surface area (Å²) in [5, 5.41) is 3.13. The van der Waals surface area contributed by atoms with Gasteiger partial charge < -0.3 is 0 Å². The molecule has 0 aromatic heterocycles. The van der Waals surface area contributed by atoms with Gasteiger partial charge in [0.1, 0.15) is 6.54 Å². The Balaban J connectivity index is 1.68. The first-order valence-corrected chi connectivity index (χ1v) is 7.43. The number of halogens is 1. The van der Waals surface area contributed by atoms with Crippen LogP contribution >= 0.6 is 11.6 Å². The standard InChI is InChI=1S/C20H14ClN/c21-20-10-4-3-9-19(20)15-22-13-5-6-16-11-12-17-7-1-2-8-18(17)14-16/h1-4,7-12,14-15H,13H2. The van der Waals surface area contributed by atoms with E-state index >= 15 is 0 Å². The zero-order chi connectivity index (χ0) is 15.2. The molecule has 0 spiro atoms. The summed E-state index contributed by atoms with van der Waals surface area (Å²) in [6, 6.07) is 22.1. The Bertz CT molecular complexity index is 885. The van der Waals surface area contributed by atoms with Gasteiger partial charge >= 0.3 is 0 Å². The molecule has 0 unspecified atom stereocenters. The van der Waals surface area contributed by atoms with E-state index in [4.69, 9.17) is 11.6 Å². The van der Waals surface area contributed by atoms with Gasteiger partial charge in [-0.05, 0) is 29.0 Å². The fourth-order valence-corrected chi connectivity index (χ4v) is 2.36. The van der Waals surface area contributed by atoms with Crippen molar-refractivity contribution >= 4 is 28.6 Å². The molecule has 22 heavy (non-hydrogen) atoms. The monoisotopic (exact) mass is 303 g/mol. The largest absolute Gasteiger partial charge is 0.280 e. The molecule has 0 aliphatic rings. The first-order chi connectivity index (χ1) is 10.8. The van der Waals surface area contributed by atoms with Gasteiger partial charge in [-0.15, -0.1) is 0 Å². The van der Waals surface area contributed by atoms with Gasteiger partial charge in [-0.1, -0.05) is 72.0 Å². The molecule has 106 valence electrons. The highest BCUT2D eigenvalue weighted by atomic mass is 35.5. The predicted octanol–water partition coefficient (Wildman–Crippen LogP) is 4.96. The van der Waals surface area contributed by atoms with Gasteiger partial charge in [0.15, 0.2) is 0 Å². The number of fused-ring (bicyclic) bond motifs is 1. The lowest BCUT2D eigenvalue weighted by Gasteiger charge is -1.97. The Morgan fingerprint density at radius 2 is 1.68 bits per heavy atom. The smallest absolute Gasteiger partial charge is 0.100 e. The molecule has 0 aliphatic carbocycles. The Hall–Kier alpha value is -2.56. The Kier molecular flexibility index (Phi) is 4.53. The molecule has 2 heteroatoms. The third kappa shape index (κ3) is 3.55. The van der Waals surface area contributed by atoms with Crippen LogP contribution < -0.4 is 0 Å². The number of benzene rings is 3. The molecule has 3 aromatic rings. The van der Waals surface area contributed by atoms with Crippen molar-refractivity contribution in [3.8, 4) is 11.8 Å². The molecule has 0 amide bonds. The SMILES string of the molecule is Clc1ccccc1C=NCC#Cc1ccc2ccccc2c1. The molecule has 3 aromatic carbocycles. The van der Waals surface area contributed by atoms with Gasteiger partial charge in [0.05, 0.1) is 0 Å². The predicted molar refractivity (Wildman–Crippen MR) is 94.7 cm³/mol. The Morgan fingerprint density at radius 1 is 0.909 bits per heavy atom. The number of hydrogen-bond donors (Lipinski definition) is 0. The van der Waals surface area contributed by atoms with Crippen molar-refractivity contribution in [1.82, 2.24) is 0 Å². The second kappa shape index (κ2) is 6.93. The van der Waals surface area contributed by atoms with Crippen LogP contribution in [0.15, 0.2) is 71.7 Å². The Morgan fingerprint density at radius 3 is 2.55 bits per heavy atom. The molecule has 0 saturated carbocycles. The van der Waals surface area contributed by atoms with E-state index in [0.29, 0.717) is 11.6 Å². The van der Waals surface area contributed by atoms with E-state index in [1.807, 2.05) is 42.5 Å². The van der Waals surface area contributed by atoms with Crippen molar-refractivity contribution in [1.29, 1.82) is 0 Å². The van der Waals surface area contributed by atoms with E-state index in [1.165, 1.54) is 10.8 Å². The van der Waals surface area contributed by atoms with Crippen LogP contribution in [0.25, 0.3) is 10.8 Å². The summed E-state index contributed by atoms with van der Waals surface area (Å²) >= 11 is 6.06.